The largest absolute Gasteiger partial charge is 0.316 e. The molecule has 0 radical (unpaired) electrons. The summed E-state index contributed by atoms with van der Waals surface area (Å²) in [6.07, 6.45) is 6.26. The zero-order chi connectivity index (χ0) is 12.7. The lowest BCUT2D eigenvalue weighted by Crippen LogP contribution is -2.31. The molecule has 0 aliphatic heterocycles. The SMILES string of the molecule is CC(C)C(CNCCc1cnccn1)C(C)C. The lowest BCUT2D eigenvalue weighted by molar-refractivity contribution is 0.277. The number of rotatable bonds is 7. The maximum absolute atomic E-state index is 4.26. The van der Waals surface area contributed by atoms with E-state index in [9.17, 15) is 0 Å². The van der Waals surface area contributed by atoms with Crippen molar-refractivity contribution in [3.63, 3.8) is 0 Å². The standard InChI is InChI=1S/C14H25N3/c1-11(2)14(12(3)4)10-15-6-5-13-9-16-7-8-17-13/h7-9,11-12,14-15H,5-6,10H2,1-4H3. The van der Waals surface area contributed by atoms with Gasteiger partial charge in [0.25, 0.3) is 0 Å². The van der Waals surface area contributed by atoms with Crippen LogP contribution in [0.3, 0.4) is 0 Å². The Bertz CT molecular complexity index is 288. The molecule has 3 heteroatoms. The van der Waals surface area contributed by atoms with Crippen LogP contribution in [0.1, 0.15) is 33.4 Å². The van der Waals surface area contributed by atoms with Crippen molar-refractivity contribution < 1.29 is 0 Å². The van der Waals surface area contributed by atoms with E-state index in [1.165, 1.54) is 0 Å². The van der Waals surface area contributed by atoms with Crippen molar-refractivity contribution in [1.82, 2.24) is 15.3 Å². The molecule has 1 N–H and O–H groups in total. The molecule has 0 saturated heterocycles. The Morgan fingerprint density at radius 2 is 1.82 bits per heavy atom. The van der Waals surface area contributed by atoms with Gasteiger partial charge < -0.3 is 5.32 Å². The molecule has 0 bridgehead atoms. The molecule has 0 spiro atoms. The Kier molecular flexibility index (Phi) is 6.12. The molecular weight excluding hydrogens is 210 g/mol. The quantitative estimate of drug-likeness (QED) is 0.738. The highest BCUT2D eigenvalue weighted by molar-refractivity contribution is 4.94. The maximum Gasteiger partial charge on any atom is 0.0599 e. The van der Waals surface area contributed by atoms with Gasteiger partial charge >= 0.3 is 0 Å². The first kappa shape index (κ1) is 14.1. The van der Waals surface area contributed by atoms with Gasteiger partial charge in [-0.15, -0.1) is 0 Å². The summed E-state index contributed by atoms with van der Waals surface area (Å²) in [6.45, 7) is 11.3. The molecule has 0 unspecified atom stereocenters. The summed E-state index contributed by atoms with van der Waals surface area (Å²) >= 11 is 0. The molecule has 0 amide bonds. The van der Waals surface area contributed by atoms with Crippen molar-refractivity contribution >= 4 is 0 Å². The minimum absolute atomic E-state index is 0.735. The van der Waals surface area contributed by atoms with Gasteiger partial charge in [0.05, 0.1) is 5.69 Å². The first-order valence-corrected chi connectivity index (χ1v) is 6.57. The minimum Gasteiger partial charge on any atom is -0.316 e. The van der Waals surface area contributed by atoms with Crippen LogP contribution >= 0.6 is 0 Å². The van der Waals surface area contributed by atoms with Gasteiger partial charge in [0.1, 0.15) is 0 Å². The normalized spacial score (nSPS) is 11.7. The Hall–Kier alpha value is -0.960. The van der Waals surface area contributed by atoms with Crippen LogP contribution in [-0.2, 0) is 6.42 Å². The molecule has 0 aliphatic carbocycles. The van der Waals surface area contributed by atoms with Crippen molar-refractivity contribution in [1.29, 1.82) is 0 Å². The maximum atomic E-state index is 4.26. The van der Waals surface area contributed by atoms with Gasteiger partial charge in [-0.05, 0) is 24.3 Å². The fourth-order valence-electron chi connectivity index (χ4n) is 2.19. The van der Waals surface area contributed by atoms with Crippen LogP contribution in [0.5, 0.6) is 0 Å². The van der Waals surface area contributed by atoms with Crippen LogP contribution in [-0.4, -0.2) is 23.1 Å². The van der Waals surface area contributed by atoms with E-state index in [1.807, 2.05) is 6.20 Å². The lowest BCUT2D eigenvalue weighted by Gasteiger charge is -2.25. The fraction of sp³-hybridized carbons (Fsp3) is 0.714. The summed E-state index contributed by atoms with van der Waals surface area (Å²) < 4.78 is 0. The third-order valence-corrected chi connectivity index (χ3v) is 3.27. The van der Waals surface area contributed by atoms with E-state index in [0.29, 0.717) is 0 Å². The van der Waals surface area contributed by atoms with Gasteiger partial charge in [-0.2, -0.15) is 0 Å². The van der Waals surface area contributed by atoms with Crippen LogP contribution < -0.4 is 5.32 Å². The third kappa shape index (κ3) is 5.26. The van der Waals surface area contributed by atoms with Crippen LogP contribution in [0.15, 0.2) is 18.6 Å². The molecule has 3 nitrogen and oxygen atoms in total. The van der Waals surface area contributed by atoms with Gasteiger partial charge in [-0.3, -0.25) is 9.97 Å². The molecule has 1 rings (SSSR count). The zero-order valence-electron chi connectivity index (χ0n) is 11.5. The summed E-state index contributed by atoms with van der Waals surface area (Å²) in [7, 11) is 0. The van der Waals surface area contributed by atoms with Crippen LogP contribution in [0, 0.1) is 17.8 Å². The first-order valence-electron chi connectivity index (χ1n) is 6.57. The Balaban J connectivity index is 2.23. The monoisotopic (exact) mass is 235 g/mol. The average Bonchev–Trinajstić information content (AvgIpc) is 2.29. The average molecular weight is 235 g/mol. The van der Waals surface area contributed by atoms with E-state index < -0.39 is 0 Å². The highest BCUT2D eigenvalue weighted by atomic mass is 14.9. The van der Waals surface area contributed by atoms with Crippen LogP contribution in [0.4, 0.5) is 0 Å². The van der Waals surface area contributed by atoms with Crippen molar-refractivity contribution in [3.8, 4) is 0 Å². The van der Waals surface area contributed by atoms with Gasteiger partial charge in [-0.25, -0.2) is 0 Å². The highest BCUT2D eigenvalue weighted by Gasteiger charge is 2.16. The Labute approximate surface area is 105 Å². The number of nitrogens with zero attached hydrogens (tertiary/aromatic N) is 2. The molecule has 1 aromatic heterocycles. The minimum atomic E-state index is 0.735. The van der Waals surface area contributed by atoms with Crippen molar-refractivity contribution in [2.75, 3.05) is 13.1 Å². The smallest absolute Gasteiger partial charge is 0.0599 e. The van der Waals surface area contributed by atoms with Gasteiger partial charge in [0, 0.05) is 31.6 Å². The number of hydrogen-bond donors (Lipinski definition) is 1. The summed E-state index contributed by atoms with van der Waals surface area (Å²) in [5.74, 6) is 2.22. The topological polar surface area (TPSA) is 37.8 Å². The highest BCUT2D eigenvalue weighted by Crippen LogP contribution is 2.19. The summed E-state index contributed by atoms with van der Waals surface area (Å²) in [5, 5.41) is 3.53. The second-order valence-electron chi connectivity index (χ2n) is 5.30. The summed E-state index contributed by atoms with van der Waals surface area (Å²) in [6, 6.07) is 0. The Morgan fingerprint density at radius 1 is 1.12 bits per heavy atom. The van der Waals surface area contributed by atoms with Crippen molar-refractivity contribution in [2.45, 2.75) is 34.1 Å². The second kappa shape index (κ2) is 7.38. The molecule has 0 atom stereocenters. The fourth-order valence-corrected chi connectivity index (χ4v) is 2.19. The van der Waals surface area contributed by atoms with E-state index in [-0.39, 0.29) is 0 Å². The number of nitrogens with one attached hydrogen (secondary N) is 1. The lowest BCUT2D eigenvalue weighted by atomic mass is 9.85. The third-order valence-electron chi connectivity index (χ3n) is 3.27. The van der Waals surface area contributed by atoms with E-state index in [1.54, 1.807) is 12.4 Å². The molecule has 1 aromatic rings. The van der Waals surface area contributed by atoms with E-state index in [4.69, 9.17) is 0 Å². The molecule has 0 fully saturated rings. The molecule has 0 aromatic carbocycles. The van der Waals surface area contributed by atoms with Gasteiger partial charge in [-0.1, -0.05) is 27.7 Å². The molecule has 0 saturated carbocycles. The molecular formula is C14H25N3. The van der Waals surface area contributed by atoms with Crippen LogP contribution in [0.2, 0.25) is 0 Å². The van der Waals surface area contributed by atoms with E-state index in [2.05, 4.69) is 43.0 Å². The van der Waals surface area contributed by atoms with E-state index in [0.717, 1.165) is 43.0 Å². The first-order chi connectivity index (χ1) is 8.11. The van der Waals surface area contributed by atoms with Crippen molar-refractivity contribution in [2.24, 2.45) is 17.8 Å². The van der Waals surface area contributed by atoms with Crippen molar-refractivity contribution in [3.05, 3.63) is 24.3 Å². The summed E-state index contributed by atoms with van der Waals surface area (Å²) in [4.78, 5) is 8.33. The summed E-state index contributed by atoms with van der Waals surface area (Å²) in [5.41, 5.74) is 1.06. The molecule has 0 aliphatic rings. The number of hydrogen-bond acceptors (Lipinski definition) is 3. The van der Waals surface area contributed by atoms with Gasteiger partial charge in [0.15, 0.2) is 0 Å². The van der Waals surface area contributed by atoms with Gasteiger partial charge in [0.2, 0.25) is 0 Å². The predicted molar refractivity (Wildman–Crippen MR) is 71.8 cm³/mol. The predicted octanol–water partition coefficient (Wildman–Crippen LogP) is 2.54. The Morgan fingerprint density at radius 3 is 2.35 bits per heavy atom. The number of aromatic nitrogens is 2. The molecule has 1 heterocycles. The second-order valence-corrected chi connectivity index (χ2v) is 5.30. The zero-order valence-corrected chi connectivity index (χ0v) is 11.5. The van der Waals surface area contributed by atoms with E-state index >= 15 is 0 Å². The molecule has 17 heavy (non-hydrogen) atoms. The molecule has 96 valence electrons. The van der Waals surface area contributed by atoms with Crippen LogP contribution in [0.25, 0.3) is 0 Å².